The van der Waals surface area contributed by atoms with Crippen LogP contribution in [0.2, 0.25) is 0 Å². The van der Waals surface area contributed by atoms with Crippen LogP contribution in [0.5, 0.6) is 0 Å². The highest BCUT2D eigenvalue weighted by molar-refractivity contribution is 4.62. The molecule has 0 radical (unpaired) electrons. The van der Waals surface area contributed by atoms with E-state index in [1.165, 1.54) is 0 Å². The highest BCUT2D eigenvalue weighted by atomic mass is 16.3. The molecule has 0 spiro atoms. The van der Waals surface area contributed by atoms with Crippen LogP contribution in [0.25, 0.3) is 0 Å². The summed E-state index contributed by atoms with van der Waals surface area (Å²) in [5, 5.41) is 8.17. The summed E-state index contributed by atoms with van der Waals surface area (Å²) < 4.78 is 0.597. The van der Waals surface area contributed by atoms with Gasteiger partial charge >= 0.3 is 5.82 Å². The zero-order valence-electron chi connectivity index (χ0n) is 4.51. The van der Waals surface area contributed by atoms with Crippen molar-refractivity contribution in [3.05, 3.63) is 10.7 Å². The van der Waals surface area contributed by atoms with E-state index >= 15 is 0 Å². The number of aromatic nitrogens is 4. The van der Waals surface area contributed by atoms with Crippen molar-refractivity contribution in [2.24, 2.45) is 0 Å². The molecule has 0 unspecified atom stereocenters. The lowest BCUT2D eigenvalue weighted by Crippen LogP contribution is -2.20. The fourth-order valence-corrected chi connectivity index (χ4v) is 0.468. The van der Waals surface area contributed by atoms with Crippen LogP contribution in [-0.4, -0.2) is 15.5 Å². The molecule has 8 heavy (non-hydrogen) atoms. The van der Waals surface area contributed by atoms with Gasteiger partial charge in [0.25, 0.3) is 0 Å². The van der Waals surface area contributed by atoms with E-state index in [9.17, 15) is 4.91 Å². The quantitative estimate of drug-likeness (QED) is 0.471. The number of nitrogens with one attached hydrogen (secondary N) is 2. The number of H-pyrrole nitrogens is 2. The Hall–Kier alpha value is -1.13. The minimum Gasteiger partial charge on any atom is -0.0739 e. The van der Waals surface area contributed by atoms with Crippen molar-refractivity contribution in [2.45, 2.75) is 13.3 Å². The third-order valence-corrected chi connectivity index (χ3v) is 0.887. The number of hydrogen-bond acceptors (Lipinski definition) is 2. The summed E-state index contributed by atoms with van der Waals surface area (Å²) in [6, 6.07) is 0. The molecule has 1 aromatic rings. The van der Waals surface area contributed by atoms with Gasteiger partial charge in [-0.15, -0.1) is 0 Å². The van der Waals surface area contributed by atoms with Crippen molar-refractivity contribution >= 4 is 0 Å². The van der Waals surface area contributed by atoms with Gasteiger partial charge in [-0.3, -0.25) is 0 Å². The molecule has 0 aliphatic heterocycles. The molecule has 0 aliphatic carbocycles. The molecular weight excluding hydrogens is 108 g/mol. The Balaban J connectivity index is 3.11. The highest BCUT2D eigenvalue weighted by Crippen LogP contribution is 1.75. The van der Waals surface area contributed by atoms with Gasteiger partial charge in [0.2, 0.25) is 0 Å². The Morgan fingerprint density at radius 3 is 2.88 bits per heavy atom. The van der Waals surface area contributed by atoms with Gasteiger partial charge in [0.15, 0.2) is 0 Å². The van der Waals surface area contributed by atoms with E-state index in [-0.39, 0.29) is 0 Å². The Morgan fingerprint density at radius 2 is 2.62 bits per heavy atom. The lowest BCUT2D eigenvalue weighted by Gasteiger charge is -1.65. The molecule has 2 N–H and O–H groups in total. The Labute approximate surface area is 45.3 Å². The molecule has 44 valence electrons. The van der Waals surface area contributed by atoms with Crippen molar-refractivity contribution < 1.29 is 4.54 Å². The number of rotatable bonds is 1. The van der Waals surface area contributed by atoms with Crippen LogP contribution in [0.3, 0.4) is 0 Å². The first-order chi connectivity index (χ1) is 3.84. The Morgan fingerprint density at radius 1 is 1.88 bits per heavy atom. The summed E-state index contributed by atoms with van der Waals surface area (Å²) in [7, 11) is 0. The smallest absolute Gasteiger partial charge is 0.0739 e. The van der Waals surface area contributed by atoms with Crippen LogP contribution < -0.4 is 4.54 Å². The highest BCUT2D eigenvalue weighted by Gasteiger charge is 2.03. The van der Waals surface area contributed by atoms with Crippen molar-refractivity contribution in [3.8, 4) is 0 Å². The lowest BCUT2D eigenvalue weighted by atomic mass is 10.5. The number of nitrogens with zero attached hydrogens (tertiary/aromatic N) is 2. The molecule has 1 aromatic heterocycles. The summed E-state index contributed by atoms with van der Waals surface area (Å²) in [5.74, 6) is 0.477. The molecule has 5 heteroatoms. The fraction of sp³-hybridized carbons (Fsp3) is 0.667. The summed E-state index contributed by atoms with van der Waals surface area (Å²) >= 11 is 0. The van der Waals surface area contributed by atoms with Crippen LogP contribution in [0, 0.1) is 4.91 Å². The van der Waals surface area contributed by atoms with Gasteiger partial charge in [0.05, 0.1) is 9.64 Å². The zero-order chi connectivity index (χ0) is 5.98. The summed E-state index contributed by atoms with van der Waals surface area (Å²) in [4.78, 5) is 10.4. The van der Waals surface area contributed by atoms with Crippen molar-refractivity contribution in [2.75, 3.05) is 0 Å². The monoisotopic (exact) mass is 115 g/mol. The van der Waals surface area contributed by atoms with Crippen LogP contribution >= 0.6 is 0 Å². The van der Waals surface area contributed by atoms with Gasteiger partial charge in [-0.1, -0.05) is 22.3 Å². The molecular formula is C3H7N4O+. The first-order valence-corrected chi connectivity index (χ1v) is 2.39. The first-order valence-electron chi connectivity index (χ1n) is 2.39. The zero-order valence-corrected chi connectivity index (χ0v) is 4.51. The van der Waals surface area contributed by atoms with Gasteiger partial charge in [-0.05, 0) is 0 Å². The minimum atomic E-state index is 0.477. The van der Waals surface area contributed by atoms with E-state index in [0.717, 1.165) is 0 Å². The second-order valence-electron chi connectivity index (χ2n) is 1.40. The number of hydrogen-bond donors (Lipinski definition) is 2. The number of aryl methyl sites for hydroxylation is 1. The molecule has 0 bridgehead atoms. The molecule has 0 aromatic carbocycles. The summed E-state index contributed by atoms with van der Waals surface area (Å²) in [6.07, 6.45) is 0.642. The van der Waals surface area contributed by atoms with E-state index in [0.29, 0.717) is 16.8 Å². The van der Waals surface area contributed by atoms with Crippen molar-refractivity contribution in [1.29, 1.82) is 0 Å². The lowest BCUT2D eigenvalue weighted by molar-refractivity contribution is -0.573. The standard InChI is InChI=1S/C3H7N4O/c1-2-3-4-5-6-7(3)8/h2H2,1H3,(H2,4,5,6,8)/q+1. The second kappa shape index (κ2) is 1.77. The Bertz CT molecular complexity index is 211. The van der Waals surface area contributed by atoms with E-state index in [1.807, 2.05) is 6.92 Å². The second-order valence-corrected chi connectivity index (χ2v) is 1.40. The SMILES string of the molecule is CCc1n[nH][nH][n+]1=O. The van der Waals surface area contributed by atoms with Gasteiger partial charge in [0.1, 0.15) is 0 Å². The van der Waals surface area contributed by atoms with E-state index < -0.39 is 0 Å². The molecule has 5 nitrogen and oxygen atoms in total. The number of tetrazole rings is 1. The normalized spacial score (nSPS) is 9.62. The maximum Gasteiger partial charge on any atom is 0.342 e. The van der Waals surface area contributed by atoms with Crippen LogP contribution in [0.15, 0.2) is 0 Å². The van der Waals surface area contributed by atoms with Crippen LogP contribution in [0.4, 0.5) is 0 Å². The first kappa shape index (κ1) is 5.02. The molecule has 0 fully saturated rings. The average Bonchev–Trinajstić information content (AvgIpc) is 2.14. The third kappa shape index (κ3) is 0.617. The molecule has 0 saturated carbocycles. The van der Waals surface area contributed by atoms with E-state index in [1.54, 1.807) is 0 Å². The summed E-state index contributed by atoms with van der Waals surface area (Å²) in [5.41, 5.74) is 0. The maximum atomic E-state index is 10.4. The summed E-state index contributed by atoms with van der Waals surface area (Å²) in [6.45, 7) is 1.86. The molecule has 0 saturated heterocycles. The van der Waals surface area contributed by atoms with Gasteiger partial charge in [-0.2, -0.15) is 0 Å². The third-order valence-electron chi connectivity index (χ3n) is 0.887. The van der Waals surface area contributed by atoms with E-state index in [4.69, 9.17) is 0 Å². The Kier molecular flexibility index (Phi) is 1.11. The molecule has 0 amide bonds. The van der Waals surface area contributed by atoms with Crippen molar-refractivity contribution in [3.63, 3.8) is 0 Å². The van der Waals surface area contributed by atoms with E-state index in [2.05, 4.69) is 15.5 Å². The van der Waals surface area contributed by atoms with Crippen LogP contribution in [-0.2, 0) is 6.42 Å². The predicted octanol–water partition coefficient (Wildman–Crippen LogP) is -0.785. The average molecular weight is 115 g/mol. The van der Waals surface area contributed by atoms with Crippen LogP contribution in [0.1, 0.15) is 12.7 Å². The fourth-order valence-electron chi connectivity index (χ4n) is 0.468. The van der Waals surface area contributed by atoms with Gasteiger partial charge in [0, 0.05) is 6.42 Å². The largest absolute Gasteiger partial charge is 0.342 e. The minimum absolute atomic E-state index is 0.477. The van der Waals surface area contributed by atoms with Gasteiger partial charge in [-0.25, -0.2) is 0 Å². The number of aromatic amines is 2. The molecule has 1 rings (SSSR count). The predicted molar refractivity (Wildman–Crippen MR) is 25.7 cm³/mol. The van der Waals surface area contributed by atoms with Gasteiger partial charge < -0.3 is 0 Å². The van der Waals surface area contributed by atoms with Crippen molar-refractivity contribution in [1.82, 2.24) is 15.5 Å². The molecule has 0 aliphatic rings. The molecule has 0 atom stereocenters. The maximum absolute atomic E-state index is 10.4. The topological polar surface area (TPSA) is 67.4 Å². The molecule has 1 heterocycles.